The largest absolute Gasteiger partial charge is 2.00 e. The zero-order valence-corrected chi connectivity index (χ0v) is 45.7. The van der Waals surface area contributed by atoms with E-state index in [1.165, 1.54) is 116 Å². The van der Waals surface area contributed by atoms with E-state index in [9.17, 15) is 0 Å². The smallest absolute Gasteiger partial charge is 0.303 e. The average molecular weight is 1090 g/mol. The van der Waals surface area contributed by atoms with Crippen LogP contribution in [-0.4, -0.2) is 59.0 Å². The summed E-state index contributed by atoms with van der Waals surface area (Å²) in [6.45, 7) is 6.57. The monoisotopic (exact) mass is 1090 g/mol. The number of thiophene rings is 2. The predicted octanol–water partition coefficient (Wildman–Crippen LogP) is 15.5. The number of rotatable bonds is 8. The minimum Gasteiger partial charge on any atom is -0.303 e. The molecular formula is C66H62Fe2N4S2+4. The zero-order chi connectivity index (χ0) is 48.3. The van der Waals surface area contributed by atoms with Crippen LogP contribution in [0.15, 0.2) is 84.9 Å². The Morgan fingerprint density at radius 2 is 0.649 bits per heavy atom. The van der Waals surface area contributed by atoms with Gasteiger partial charge in [0.2, 0.25) is 0 Å². The van der Waals surface area contributed by atoms with E-state index >= 15 is 0 Å². The van der Waals surface area contributed by atoms with Crippen LogP contribution in [0.1, 0.15) is 85.3 Å². The first-order chi connectivity index (χ1) is 35.7. The minimum absolute atomic E-state index is 0. The molecule has 4 aliphatic heterocycles. The van der Waals surface area contributed by atoms with Gasteiger partial charge in [0.1, 0.15) is 0 Å². The third-order valence-electron chi connectivity index (χ3n) is 14.3. The summed E-state index contributed by atoms with van der Waals surface area (Å²) in [7, 11) is 0. The molecule has 8 heteroatoms. The molecular weight excluding hydrogens is 1020 g/mol. The Morgan fingerprint density at radius 1 is 0.338 bits per heavy atom. The number of hydrogen-bond donors (Lipinski definition) is 0. The van der Waals surface area contributed by atoms with E-state index in [1.807, 2.05) is 86.9 Å². The van der Waals surface area contributed by atoms with E-state index in [2.05, 4.69) is 158 Å². The molecule has 3 aromatic heterocycles. The molecule has 4 saturated carbocycles. The Morgan fingerprint density at radius 3 is 0.986 bits per heavy atom. The fraction of sp³-hybridized carbons (Fsp3) is 0.212. The van der Waals surface area contributed by atoms with Gasteiger partial charge < -0.3 is 9.80 Å². The maximum Gasteiger partial charge on any atom is 2.00 e. The molecule has 8 aliphatic rings. The van der Waals surface area contributed by atoms with Crippen molar-refractivity contribution >= 4 is 65.8 Å². The second kappa shape index (κ2) is 27.9. The second-order valence-corrected chi connectivity index (χ2v) is 21.4. The predicted molar refractivity (Wildman–Crippen MR) is 307 cm³/mol. The summed E-state index contributed by atoms with van der Waals surface area (Å²) in [5, 5.41) is 0. The Kier molecular flexibility index (Phi) is 21.0. The standard InChI is InChI=1S/C56H52N4S2.2C5H5.2Fe/c1-2-12-34-59(33-11-1)37-41-21-15-23-43(41)55-47-27-25-45(57-47)53(39-17-7-5-8-18-39)49-29-30-50(61-49)54(40-19-9-6-10-20-40)46-26-28-48(58-46)56(52-32-31-51(55)62-52)44-24-16-22-42(44)38-60-35-13-3-4-14-36-60;2*1-2-4-5-3-1;;/h5-10,15-32H,1-4,11-14,33-38H2;2*1-5H;;/q;;;2*+2. The van der Waals surface area contributed by atoms with Gasteiger partial charge in [0, 0.05) is 77.8 Å². The van der Waals surface area contributed by atoms with Gasteiger partial charge in [-0.15, -0.1) is 22.7 Å². The van der Waals surface area contributed by atoms with Crippen LogP contribution in [0.25, 0.3) is 65.4 Å². The number of likely N-dealkylation sites (tertiary alicyclic amines) is 2. The van der Waals surface area contributed by atoms with E-state index in [0.717, 1.165) is 73.2 Å². The Bertz CT molecular complexity index is 2570. The van der Waals surface area contributed by atoms with Gasteiger partial charge in [-0.05, 0) is 214 Å². The molecule has 7 heterocycles. The van der Waals surface area contributed by atoms with Gasteiger partial charge in [0.25, 0.3) is 0 Å². The number of hydrogen-bond acceptors (Lipinski definition) is 6. The molecule has 74 heavy (non-hydrogen) atoms. The number of benzene rings is 2. The molecule has 13 rings (SSSR count). The van der Waals surface area contributed by atoms with Crippen LogP contribution in [0.3, 0.4) is 0 Å². The van der Waals surface area contributed by atoms with E-state index < -0.39 is 0 Å². The molecule has 20 radical (unpaired) electrons. The topological polar surface area (TPSA) is 32.3 Å². The van der Waals surface area contributed by atoms with Gasteiger partial charge in [-0.3, -0.25) is 0 Å². The van der Waals surface area contributed by atoms with Gasteiger partial charge in [-0.1, -0.05) is 86.3 Å². The summed E-state index contributed by atoms with van der Waals surface area (Å²) >= 11 is 3.72. The van der Waals surface area contributed by atoms with Crippen LogP contribution in [-0.2, 0) is 34.1 Å². The summed E-state index contributed by atoms with van der Waals surface area (Å²) < 4.78 is 4.86. The van der Waals surface area contributed by atoms with Gasteiger partial charge in [0.15, 0.2) is 0 Å². The second-order valence-electron chi connectivity index (χ2n) is 19.2. The Balaban J connectivity index is 0.000000504. The van der Waals surface area contributed by atoms with Crippen LogP contribution < -0.4 is 0 Å². The summed E-state index contributed by atoms with van der Waals surface area (Å²) in [4.78, 5) is 16.6. The fourth-order valence-corrected chi connectivity index (χ4v) is 13.0. The van der Waals surface area contributed by atoms with Crippen molar-refractivity contribution in [2.24, 2.45) is 0 Å². The van der Waals surface area contributed by atoms with Crippen molar-refractivity contribution in [3.63, 3.8) is 0 Å². The Hall–Kier alpha value is -3.16. The molecule has 0 spiro atoms. The van der Waals surface area contributed by atoms with Crippen LogP contribution in [0, 0.1) is 126 Å². The molecule has 0 unspecified atom stereocenters. The molecule has 0 amide bonds. The summed E-state index contributed by atoms with van der Waals surface area (Å²) in [6.07, 6.45) is 53.4. The molecule has 0 atom stereocenters. The molecule has 8 bridgehead atoms. The molecule has 4 nitrogen and oxygen atoms in total. The molecule has 5 aromatic rings. The van der Waals surface area contributed by atoms with Crippen molar-refractivity contribution in [2.45, 2.75) is 51.4 Å². The summed E-state index contributed by atoms with van der Waals surface area (Å²) in [6, 6.07) is 31.0. The maximum absolute atomic E-state index is 5.64. The van der Waals surface area contributed by atoms with Crippen LogP contribution in [0.4, 0.5) is 0 Å². The van der Waals surface area contributed by atoms with Crippen molar-refractivity contribution < 1.29 is 34.1 Å². The summed E-state index contributed by atoms with van der Waals surface area (Å²) in [5.74, 6) is 5.36. The normalized spacial score (nSPS) is 20.0. The SMILES string of the molecule is [CH]1[CH][CH][CH][CH]1.[CH]1[CH][CH][CH][CH]1.[CH]1[CH][C](CN2CCCCCC2)[C](c2c3nc(c(-c4ccccc4)c4ccc(s4)c(-c4ccccc4)c4nc(c([C]5[CH][CH][CH][C]5CN5CCCCCC5)c5ccc2s5)C=C4)C=C3)[CH]1.[Fe+2].[Fe+2]. The van der Waals surface area contributed by atoms with E-state index in [-0.39, 0.29) is 34.1 Å². The van der Waals surface area contributed by atoms with Gasteiger partial charge in [0.05, 0.1) is 22.8 Å². The van der Waals surface area contributed by atoms with Crippen molar-refractivity contribution in [1.29, 1.82) is 0 Å². The van der Waals surface area contributed by atoms with E-state index in [1.54, 1.807) is 0 Å². The van der Waals surface area contributed by atoms with Crippen molar-refractivity contribution in [1.82, 2.24) is 19.8 Å². The minimum atomic E-state index is 0. The van der Waals surface area contributed by atoms with Gasteiger partial charge in [-0.25, -0.2) is 9.97 Å². The van der Waals surface area contributed by atoms with Crippen molar-refractivity contribution in [2.75, 3.05) is 39.3 Å². The van der Waals surface area contributed by atoms with Crippen LogP contribution in [0.2, 0.25) is 0 Å². The molecule has 4 aliphatic carbocycles. The molecule has 370 valence electrons. The third kappa shape index (κ3) is 13.6. The van der Waals surface area contributed by atoms with E-state index in [4.69, 9.17) is 9.97 Å². The maximum atomic E-state index is 5.64. The summed E-state index contributed by atoms with van der Waals surface area (Å²) in [5.41, 5.74) is 11.1. The van der Waals surface area contributed by atoms with Gasteiger partial charge in [-0.2, -0.15) is 0 Å². The Labute approximate surface area is 474 Å². The molecule has 2 aromatic carbocycles. The van der Waals surface area contributed by atoms with Gasteiger partial charge >= 0.3 is 34.1 Å². The first-order valence-corrected chi connectivity index (χ1v) is 27.7. The van der Waals surface area contributed by atoms with Crippen LogP contribution >= 0.6 is 22.7 Å². The fourth-order valence-electron chi connectivity index (χ4n) is 10.7. The van der Waals surface area contributed by atoms with Crippen LogP contribution in [0.5, 0.6) is 0 Å². The number of nitrogens with zero attached hydrogens (tertiary/aromatic N) is 4. The van der Waals surface area contributed by atoms with Crippen molar-refractivity contribution in [3.05, 3.63) is 245 Å². The quantitative estimate of drug-likeness (QED) is 0.142. The number of aromatic nitrogens is 2. The first-order valence-electron chi connectivity index (χ1n) is 26.1. The molecule has 2 saturated heterocycles. The first kappa shape index (κ1) is 55.6. The van der Waals surface area contributed by atoms with Crippen molar-refractivity contribution in [3.8, 4) is 22.3 Å². The molecule has 6 fully saturated rings. The zero-order valence-electron chi connectivity index (χ0n) is 41.8. The third-order valence-corrected chi connectivity index (χ3v) is 16.5. The number of fused-ring (bicyclic) bond motifs is 8. The molecule has 0 N–H and O–H groups in total. The average Bonchev–Trinajstić information content (AvgIpc) is 4.26. The van der Waals surface area contributed by atoms with E-state index in [0.29, 0.717) is 0 Å².